The molecule has 1 amide bonds. The third-order valence-electron chi connectivity index (χ3n) is 2.17. The smallest absolute Gasteiger partial charge is 0.339 e. The standard InChI is InChI=1S/C13H14ClNO3/c1-9(16)15-7-3-4-10-5-6-12(14)11(8-10)13(17)18-2/h3-6,8H,7H2,1-2H3,(H,15,16). The van der Waals surface area contributed by atoms with Gasteiger partial charge in [0.05, 0.1) is 17.7 Å². The molecule has 0 saturated heterocycles. The third kappa shape index (κ3) is 4.22. The van der Waals surface area contributed by atoms with Crippen LogP contribution in [0.15, 0.2) is 24.3 Å². The lowest BCUT2D eigenvalue weighted by atomic mass is 10.1. The Morgan fingerprint density at radius 3 is 2.78 bits per heavy atom. The second kappa shape index (κ2) is 6.81. The van der Waals surface area contributed by atoms with Gasteiger partial charge in [0.2, 0.25) is 5.91 Å². The fourth-order valence-electron chi connectivity index (χ4n) is 1.31. The van der Waals surface area contributed by atoms with Crippen LogP contribution in [0.2, 0.25) is 5.02 Å². The molecular weight excluding hydrogens is 254 g/mol. The summed E-state index contributed by atoms with van der Waals surface area (Å²) in [4.78, 5) is 22.1. The van der Waals surface area contributed by atoms with Gasteiger partial charge in [0.25, 0.3) is 0 Å². The van der Waals surface area contributed by atoms with Crippen LogP contribution < -0.4 is 5.32 Å². The largest absolute Gasteiger partial charge is 0.465 e. The lowest BCUT2D eigenvalue weighted by Crippen LogP contribution is -2.19. The Labute approximate surface area is 111 Å². The van der Waals surface area contributed by atoms with Gasteiger partial charge >= 0.3 is 5.97 Å². The highest BCUT2D eigenvalue weighted by Crippen LogP contribution is 2.19. The number of rotatable bonds is 4. The zero-order valence-corrected chi connectivity index (χ0v) is 11.0. The molecule has 18 heavy (non-hydrogen) atoms. The van der Waals surface area contributed by atoms with E-state index in [1.807, 2.05) is 0 Å². The van der Waals surface area contributed by atoms with E-state index in [0.717, 1.165) is 5.56 Å². The lowest BCUT2D eigenvalue weighted by Gasteiger charge is -2.03. The number of hydrogen-bond donors (Lipinski definition) is 1. The summed E-state index contributed by atoms with van der Waals surface area (Å²) >= 11 is 5.89. The highest BCUT2D eigenvalue weighted by atomic mass is 35.5. The predicted octanol–water partition coefficient (Wildman–Crippen LogP) is 2.28. The summed E-state index contributed by atoms with van der Waals surface area (Å²) in [5, 5.41) is 2.98. The summed E-state index contributed by atoms with van der Waals surface area (Å²) < 4.78 is 4.62. The van der Waals surface area contributed by atoms with Gasteiger partial charge in [0.1, 0.15) is 0 Å². The fraction of sp³-hybridized carbons (Fsp3) is 0.231. The Kier molecular flexibility index (Phi) is 5.39. The van der Waals surface area contributed by atoms with Gasteiger partial charge in [-0.05, 0) is 17.7 Å². The minimum Gasteiger partial charge on any atom is -0.465 e. The molecule has 1 rings (SSSR count). The molecule has 0 radical (unpaired) electrons. The van der Waals surface area contributed by atoms with Crippen LogP contribution in [0.3, 0.4) is 0 Å². The number of esters is 1. The molecule has 0 aliphatic heterocycles. The Morgan fingerprint density at radius 2 is 2.17 bits per heavy atom. The van der Waals surface area contributed by atoms with Gasteiger partial charge in [-0.2, -0.15) is 0 Å². The number of ether oxygens (including phenoxy) is 1. The van der Waals surface area contributed by atoms with Crippen molar-refractivity contribution in [3.8, 4) is 0 Å². The molecule has 0 bridgehead atoms. The zero-order chi connectivity index (χ0) is 13.5. The zero-order valence-electron chi connectivity index (χ0n) is 10.2. The van der Waals surface area contributed by atoms with E-state index in [9.17, 15) is 9.59 Å². The minimum atomic E-state index is -0.475. The molecule has 0 spiro atoms. The summed E-state index contributed by atoms with van der Waals surface area (Å²) in [6, 6.07) is 5.04. The van der Waals surface area contributed by atoms with Crippen molar-refractivity contribution in [3.05, 3.63) is 40.4 Å². The number of nitrogens with one attached hydrogen (secondary N) is 1. The van der Waals surface area contributed by atoms with Gasteiger partial charge in [-0.3, -0.25) is 4.79 Å². The number of hydrogen-bond acceptors (Lipinski definition) is 3. The number of methoxy groups -OCH3 is 1. The van der Waals surface area contributed by atoms with E-state index in [4.69, 9.17) is 11.6 Å². The summed E-state index contributed by atoms with van der Waals surface area (Å²) in [5.41, 5.74) is 1.13. The molecule has 0 aliphatic rings. The Morgan fingerprint density at radius 1 is 1.44 bits per heavy atom. The Bertz CT molecular complexity index is 483. The molecule has 1 aromatic rings. The average Bonchev–Trinajstić information content (AvgIpc) is 2.35. The van der Waals surface area contributed by atoms with E-state index in [-0.39, 0.29) is 5.91 Å². The van der Waals surface area contributed by atoms with Crippen molar-refractivity contribution < 1.29 is 14.3 Å². The van der Waals surface area contributed by atoms with E-state index < -0.39 is 5.97 Å². The van der Waals surface area contributed by atoms with E-state index in [1.165, 1.54) is 14.0 Å². The van der Waals surface area contributed by atoms with Gasteiger partial charge in [0, 0.05) is 13.5 Å². The van der Waals surface area contributed by atoms with E-state index in [0.29, 0.717) is 17.1 Å². The van der Waals surface area contributed by atoms with Crippen molar-refractivity contribution in [2.75, 3.05) is 13.7 Å². The molecule has 0 heterocycles. The highest BCUT2D eigenvalue weighted by molar-refractivity contribution is 6.33. The van der Waals surface area contributed by atoms with Crippen LogP contribution in [0.5, 0.6) is 0 Å². The van der Waals surface area contributed by atoms with E-state index >= 15 is 0 Å². The number of benzene rings is 1. The molecule has 1 aromatic carbocycles. The molecular formula is C13H14ClNO3. The monoisotopic (exact) mass is 267 g/mol. The molecule has 4 nitrogen and oxygen atoms in total. The van der Waals surface area contributed by atoms with Crippen LogP contribution in [0, 0.1) is 0 Å². The van der Waals surface area contributed by atoms with Crippen molar-refractivity contribution in [3.63, 3.8) is 0 Å². The van der Waals surface area contributed by atoms with Crippen LogP contribution in [0.4, 0.5) is 0 Å². The highest BCUT2D eigenvalue weighted by Gasteiger charge is 2.10. The first kappa shape index (κ1) is 14.3. The van der Waals surface area contributed by atoms with Crippen LogP contribution in [-0.2, 0) is 9.53 Å². The first-order chi connectivity index (χ1) is 8.54. The molecule has 5 heteroatoms. The third-order valence-corrected chi connectivity index (χ3v) is 2.50. The first-order valence-electron chi connectivity index (χ1n) is 5.33. The van der Waals surface area contributed by atoms with Crippen molar-refractivity contribution >= 4 is 29.6 Å². The first-order valence-corrected chi connectivity index (χ1v) is 5.71. The minimum absolute atomic E-state index is 0.0917. The number of carbonyl (C=O) groups is 2. The Hall–Kier alpha value is -1.81. The quantitative estimate of drug-likeness (QED) is 0.852. The summed E-state index contributed by atoms with van der Waals surface area (Å²) in [6.07, 6.45) is 3.57. The number of carbonyl (C=O) groups excluding carboxylic acids is 2. The van der Waals surface area contributed by atoms with Crippen molar-refractivity contribution in [1.82, 2.24) is 5.32 Å². The molecule has 0 atom stereocenters. The molecule has 0 aliphatic carbocycles. The average molecular weight is 268 g/mol. The topological polar surface area (TPSA) is 55.4 Å². The molecule has 96 valence electrons. The van der Waals surface area contributed by atoms with Crippen LogP contribution in [0.25, 0.3) is 6.08 Å². The van der Waals surface area contributed by atoms with Gasteiger partial charge in [0.15, 0.2) is 0 Å². The molecule has 0 aromatic heterocycles. The van der Waals surface area contributed by atoms with E-state index in [2.05, 4.69) is 10.1 Å². The molecule has 0 saturated carbocycles. The predicted molar refractivity (Wildman–Crippen MR) is 70.5 cm³/mol. The van der Waals surface area contributed by atoms with Crippen LogP contribution in [-0.4, -0.2) is 25.5 Å². The Balaban J connectivity index is 2.79. The van der Waals surface area contributed by atoms with Gasteiger partial charge in [-0.15, -0.1) is 0 Å². The number of halogens is 1. The maximum atomic E-state index is 11.4. The second-order valence-corrected chi connectivity index (χ2v) is 3.98. The SMILES string of the molecule is COC(=O)c1cc(C=CCNC(C)=O)ccc1Cl. The lowest BCUT2D eigenvalue weighted by molar-refractivity contribution is -0.118. The van der Waals surface area contributed by atoms with Gasteiger partial charge < -0.3 is 10.1 Å². The van der Waals surface area contributed by atoms with Gasteiger partial charge in [-0.1, -0.05) is 29.8 Å². The van der Waals surface area contributed by atoms with Crippen molar-refractivity contribution in [1.29, 1.82) is 0 Å². The van der Waals surface area contributed by atoms with Crippen LogP contribution in [0.1, 0.15) is 22.8 Å². The van der Waals surface area contributed by atoms with Crippen LogP contribution >= 0.6 is 11.6 Å². The summed E-state index contributed by atoms with van der Waals surface area (Å²) in [7, 11) is 1.30. The molecule has 0 unspecified atom stereocenters. The summed E-state index contributed by atoms with van der Waals surface area (Å²) in [6.45, 7) is 1.89. The van der Waals surface area contributed by atoms with Gasteiger partial charge in [-0.25, -0.2) is 4.79 Å². The maximum Gasteiger partial charge on any atom is 0.339 e. The second-order valence-electron chi connectivity index (χ2n) is 3.57. The normalized spacial score (nSPS) is 10.4. The fourth-order valence-corrected chi connectivity index (χ4v) is 1.51. The molecule has 0 fully saturated rings. The van der Waals surface area contributed by atoms with Crippen molar-refractivity contribution in [2.24, 2.45) is 0 Å². The van der Waals surface area contributed by atoms with E-state index in [1.54, 1.807) is 30.4 Å². The summed E-state index contributed by atoms with van der Waals surface area (Å²) in [5.74, 6) is -0.567. The molecule has 1 N–H and O–H groups in total. The van der Waals surface area contributed by atoms with Crippen molar-refractivity contribution in [2.45, 2.75) is 6.92 Å². The maximum absolute atomic E-state index is 11.4. The number of amides is 1.